The van der Waals surface area contributed by atoms with Crippen LogP contribution in [-0.4, -0.2) is 38.7 Å². The maximum atomic E-state index is 12.7. The highest BCUT2D eigenvalue weighted by Gasteiger charge is 2.31. The van der Waals surface area contributed by atoms with Crippen LogP contribution in [0.2, 0.25) is 0 Å². The molecule has 1 rings (SSSR count). The molecular weight excluding hydrogens is 417 g/mol. The molecule has 0 saturated carbocycles. The van der Waals surface area contributed by atoms with Crippen molar-refractivity contribution in [2.75, 3.05) is 5.32 Å². The van der Waals surface area contributed by atoms with E-state index in [9.17, 15) is 24.3 Å². The minimum absolute atomic E-state index is 0.0229. The number of nitro benzene ring substituents is 1. The molecule has 2 atom stereocenters. The Morgan fingerprint density at radius 1 is 1.20 bits per heavy atom. The monoisotopic (exact) mass is 445 g/mol. The van der Waals surface area contributed by atoms with Crippen molar-refractivity contribution in [1.82, 2.24) is 5.32 Å². The minimum Gasteiger partial charge on any atom is -0.342 e. The molecule has 0 heterocycles. The van der Waals surface area contributed by atoms with E-state index < -0.39 is 36.7 Å². The molecule has 0 aliphatic carbocycles. The summed E-state index contributed by atoms with van der Waals surface area (Å²) in [5.41, 5.74) is 0.177. The van der Waals surface area contributed by atoms with Gasteiger partial charge in [0.2, 0.25) is 11.8 Å². The van der Waals surface area contributed by atoms with Crippen molar-refractivity contribution in [3.63, 3.8) is 0 Å². The van der Waals surface area contributed by atoms with E-state index in [1.807, 2.05) is 20.8 Å². The normalized spacial score (nSPS) is 13.5. The number of carbonyl (C=O) groups excluding carboxylic acids is 2. The molecule has 0 spiro atoms. The SMILES string of the molecule is CCCCC(OP(=O)(O)O)C(=O)N[C@@H](CC(C)C)C(=O)Nc1ccc([N+](=O)[O-])cc1. The van der Waals surface area contributed by atoms with Crippen LogP contribution < -0.4 is 10.6 Å². The van der Waals surface area contributed by atoms with Crippen molar-refractivity contribution in [2.24, 2.45) is 5.92 Å². The van der Waals surface area contributed by atoms with E-state index in [1.54, 1.807) is 0 Å². The average molecular weight is 445 g/mol. The molecule has 0 fully saturated rings. The van der Waals surface area contributed by atoms with Crippen molar-refractivity contribution in [3.8, 4) is 0 Å². The summed E-state index contributed by atoms with van der Waals surface area (Å²) in [4.78, 5) is 53.5. The third kappa shape index (κ3) is 9.45. The highest BCUT2D eigenvalue weighted by atomic mass is 31.2. The maximum Gasteiger partial charge on any atom is 0.470 e. The number of rotatable bonds is 12. The van der Waals surface area contributed by atoms with Gasteiger partial charge in [0.25, 0.3) is 5.69 Å². The highest BCUT2D eigenvalue weighted by Crippen LogP contribution is 2.38. The standard InChI is InChI=1S/C18H28N3O8P/c1-4-5-6-16(29-30(26,27)28)18(23)20-15(11-12(2)3)17(22)19-13-7-9-14(10-8-13)21(24)25/h7-10,12,15-16H,4-6,11H2,1-3H3,(H,19,22)(H,20,23)(H2,26,27,28)/t15-,16?/m0/s1. The van der Waals surface area contributed by atoms with Crippen LogP contribution in [0.25, 0.3) is 0 Å². The Morgan fingerprint density at radius 3 is 2.27 bits per heavy atom. The van der Waals surface area contributed by atoms with Crippen molar-refractivity contribution in [2.45, 2.75) is 58.6 Å². The molecule has 0 aliphatic rings. The number of nitrogens with one attached hydrogen (secondary N) is 2. The van der Waals surface area contributed by atoms with Gasteiger partial charge >= 0.3 is 7.82 Å². The Bertz CT molecular complexity index is 778. The van der Waals surface area contributed by atoms with Crippen LogP contribution >= 0.6 is 7.82 Å². The van der Waals surface area contributed by atoms with Gasteiger partial charge in [0.15, 0.2) is 0 Å². The van der Waals surface area contributed by atoms with Gasteiger partial charge in [-0.3, -0.25) is 24.2 Å². The van der Waals surface area contributed by atoms with Gasteiger partial charge in [0.1, 0.15) is 12.1 Å². The molecular formula is C18H28N3O8P. The van der Waals surface area contributed by atoms with E-state index in [0.717, 1.165) is 0 Å². The molecule has 1 aromatic rings. The number of nitro groups is 1. The molecule has 0 aliphatic heterocycles. The zero-order valence-electron chi connectivity index (χ0n) is 17.1. The van der Waals surface area contributed by atoms with Gasteiger partial charge in [-0.05, 0) is 30.9 Å². The molecule has 12 heteroatoms. The molecule has 11 nitrogen and oxygen atoms in total. The number of nitrogens with zero attached hydrogens (tertiary/aromatic N) is 1. The van der Waals surface area contributed by atoms with Gasteiger partial charge in [-0.25, -0.2) is 4.57 Å². The van der Waals surface area contributed by atoms with E-state index in [2.05, 4.69) is 15.2 Å². The van der Waals surface area contributed by atoms with Crippen LogP contribution in [0.15, 0.2) is 24.3 Å². The van der Waals surface area contributed by atoms with Crippen molar-refractivity contribution in [3.05, 3.63) is 34.4 Å². The topological polar surface area (TPSA) is 168 Å². The highest BCUT2D eigenvalue weighted by molar-refractivity contribution is 7.46. The fraction of sp³-hybridized carbons (Fsp3) is 0.556. The number of phosphoric ester groups is 1. The molecule has 30 heavy (non-hydrogen) atoms. The molecule has 4 N–H and O–H groups in total. The second kappa shape index (κ2) is 11.8. The summed E-state index contributed by atoms with van der Waals surface area (Å²) in [5, 5.41) is 15.8. The average Bonchev–Trinajstić information content (AvgIpc) is 2.63. The summed E-state index contributed by atoms with van der Waals surface area (Å²) >= 11 is 0. The molecule has 2 amide bonds. The fourth-order valence-corrected chi connectivity index (χ4v) is 3.18. The van der Waals surface area contributed by atoms with Crippen LogP contribution in [0.3, 0.4) is 0 Å². The van der Waals surface area contributed by atoms with Crippen LogP contribution in [0.4, 0.5) is 11.4 Å². The first-order chi connectivity index (χ1) is 13.9. The van der Waals surface area contributed by atoms with Crippen LogP contribution in [-0.2, 0) is 18.7 Å². The van der Waals surface area contributed by atoms with Gasteiger partial charge in [-0.15, -0.1) is 0 Å². The predicted octanol–water partition coefficient (Wildman–Crippen LogP) is 2.73. The smallest absolute Gasteiger partial charge is 0.342 e. The summed E-state index contributed by atoms with van der Waals surface area (Å²) in [6.07, 6.45) is 0.145. The Kier molecular flexibility index (Phi) is 10.1. The number of phosphoric acid groups is 1. The Labute approximate surface area is 174 Å². The lowest BCUT2D eigenvalue weighted by Crippen LogP contribution is -2.48. The van der Waals surface area contributed by atoms with E-state index in [-0.39, 0.29) is 24.4 Å². The summed E-state index contributed by atoms with van der Waals surface area (Å²) in [7, 11) is -4.89. The van der Waals surface area contributed by atoms with Gasteiger partial charge in [-0.2, -0.15) is 0 Å². The summed E-state index contributed by atoms with van der Waals surface area (Å²) in [6.45, 7) is 5.55. The van der Waals surface area contributed by atoms with E-state index in [4.69, 9.17) is 9.79 Å². The molecule has 0 saturated heterocycles. The second-order valence-corrected chi connectivity index (χ2v) is 8.40. The van der Waals surface area contributed by atoms with Gasteiger partial charge < -0.3 is 20.4 Å². The zero-order valence-corrected chi connectivity index (χ0v) is 18.0. The van der Waals surface area contributed by atoms with Gasteiger partial charge in [-0.1, -0.05) is 33.6 Å². The number of benzene rings is 1. The third-order valence-electron chi connectivity index (χ3n) is 4.06. The van der Waals surface area contributed by atoms with Crippen molar-refractivity contribution >= 4 is 31.0 Å². The first kappa shape index (κ1) is 25.7. The quantitative estimate of drug-likeness (QED) is 0.216. The first-order valence-corrected chi connectivity index (χ1v) is 11.1. The van der Waals surface area contributed by atoms with Gasteiger partial charge in [0, 0.05) is 17.8 Å². The van der Waals surface area contributed by atoms with E-state index in [1.165, 1.54) is 24.3 Å². The second-order valence-electron chi connectivity index (χ2n) is 7.21. The molecule has 0 radical (unpaired) electrons. The lowest BCUT2D eigenvalue weighted by Gasteiger charge is -2.24. The van der Waals surface area contributed by atoms with Crippen molar-refractivity contribution < 1.29 is 33.4 Å². The summed E-state index contributed by atoms with van der Waals surface area (Å²) in [5.74, 6) is -1.33. The van der Waals surface area contributed by atoms with E-state index in [0.29, 0.717) is 18.5 Å². The number of unbranched alkanes of at least 4 members (excludes halogenated alkanes) is 1. The number of hydrogen-bond donors (Lipinski definition) is 4. The molecule has 0 bridgehead atoms. The Hall–Kier alpha value is -2.33. The van der Waals surface area contributed by atoms with Gasteiger partial charge in [0.05, 0.1) is 4.92 Å². The van der Waals surface area contributed by atoms with Crippen LogP contribution in [0, 0.1) is 16.0 Å². The lowest BCUT2D eigenvalue weighted by atomic mass is 10.0. The predicted molar refractivity (Wildman–Crippen MR) is 110 cm³/mol. The number of hydrogen-bond acceptors (Lipinski definition) is 6. The number of non-ortho nitro benzene ring substituents is 1. The first-order valence-electron chi connectivity index (χ1n) is 9.52. The third-order valence-corrected chi connectivity index (χ3v) is 4.59. The fourth-order valence-electron chi connectivity index (χ4n) is 2.65. The molecule has 1 aromatic carbocycles. The molecule has 1 unspecified atom stereocenters. The minimum atomic E-state index is -4.89. The zero-order chi connectivity index (χ0) is 22.9. The van der Waals surface area contributed by atoms with Crippen LogP contribution in [0.5, 0.6) is 0 Å². The number of amides is 2. The Balaban J connectivity index is 2.92. The molecule has 168 valence electrons. The lowest BCUT2D eigenvalue weighted by molar-refractivity contribution is -0.384. The Morgan fingerprint density at radius 2 is 1.80 bits per heavy atom. The van der Waals surface area contributed by atoms with E-state index >= 15 is 0 Å². The number of anilines is 1. The summed E-state index contributed by atoms with van der Waals surface area (Å²) < 4.78 is 15.8. The van der Waals surface area contributed by atoms with Crippen LogP contribution in [0.1, 0.15) is 46.5 Å². The molecule has 0 aromatic heterocycles. The summed E-state index contributed by atoms with van der Waals surface area (Å²) in [6, 6.07) is 4.22. The number of carbonyl (C=O) groups is 2. The largest absolute Gasteiger partial charge is 0.470 e. The van der Waals surface area contributed by atoms with Crippen molar-refractivity contribution in [1.29, 1.82) is 0 Å². The maximum absolute atomic E-state index is 12.7.